The minimum absolute atomic E-state index is 0.317. The third-order valence-electron chi connectivity index (χ3n) is 4.13. The fraction of sp³-hybridized carbons (Fsp3) is 0.647. The smallest absolute Gasteiger partial charge is 0.128 e. The zero-order valence-electron chi connectivity index (χ0n) is 12.5. The van der Waals surface area contributed by atoms with Crippen LogP contribution in [0.1, 0.15) is 70.5 Å². The maximum atomic E-state index is 13.3. The van der Waals surface area contributed by atoms with Gasteiger partial charge in [0.25, 0.3) is 0 Å². The predicted molar refractivity (Wildman–Crippen MR) is 78.4 cm³/mol. The van der Waals surface area contributed by atoms with Crippen molar-refractivity contribution in [1.29, 1.82) is 0 Å². The van der Waals surface area contributed by atoms with Crippen molar-refractivity contribution in [3.05, 3.63) is 29.6 Å². The molecule has 0 aliphatic carbocycles. The van der Waals surface area contributed by atoms with E-state index in [2.05, 4.69) is 6.92 Å². The fourth-order valence-corrected chi connectivity index (χ4v) is 2.95. The molecule has 0 amide bonds. The zero-order valence-corrected chi connectivity index (χ0v) is 12.5. The van der Waals surface area contributed by atoms with Crippen LogP contribution in [0.2, 0.25) is 0 Å². The fourth-order valence-electron chi connectivity index (χ4n) is 2.95. The Morgan fingerprint density at radius 1 is 1.30 bits per heavy atom. The summed E-state index contributed by atoms with van der Waals surface area (Å²) in [6.07, 6.45) is 6.98. The van der Waals surface area contributed by atoms with E-state index >= 15 is 0 Å². The lowest BCUT2D eigenvalue weighted by molar-refractivity contribution is -0.00877. The molecule has 1 heterocycles. The molecule has 0 bridgehead atoms. The first-order valence-corrected chi connectivity index (χ1v) is 7.70. The van der Waals surface area contributed by atoms with Gasteiger partial charge in [-0.1, -0.05) is 32.6 Å². The highest BCUT2D eigenvalue weighted by Gasteiger charge is 2.36. The maximum absolute atomic E-state index is 13.3. The van der Waals surface area contributed by atoms with E-state index in [1.54, 1.807) is 6.07 Å². The molecule has 20 heavy (non-hydrogen) atoms. The molecule has 1 aliphatic rings. The van der Waals surface area contributed by atoms with E-state index in [9.17, 15) is 9.50 Å². The number of hydrogen-bond donors (Lipinski definition) is 1. The third kappa shape index (κ3) is 3.72. The van der Waals surface area contributed by atoms with Crippen LogP contribution in [0.3, 0.4) is 0 Å². The minimum Gasteiger partial charge on any atom is -0.487 e. The van der Waals surface area contributed by atoms with E-state index in [1.807, 2.05) is 6.92 Å². The topological polar surface area (TPSA) is 29.5 Å². The van der Waals surface area contributed by atoms with Gasteiger partial charge in [0.1, 0.15) is 17.2 Å². The van der Waals surface area contributed by atoms with Crippen molar-refractivity contribution in [2.75, 3.05) is 0 Å². The molecular weight excluding hydrogens is 255 g/mol. The van der Waals surface area contributed by atoms with Gasteiger partial charge in [0.2, 0.25) is 0 Å². The van der Waals surface area contributed by atoms with Crippen LogP contribution in [0.15, 0.2) is 18.2 Å². The quantitative estimate of drug-likeness (QED) is 0.761. The predicted octanol–water partition coefficient (Wildman–Crippen LogP) is 4.76. The minimum atomic E-state index is -0.556. The Labute approximate surface area is 121 Å². The van der Waals surface area contributed by atoms with Crippen molar-refractivity contribution in [3.63, 3.8) is 0 Å². The standard InChI is InChI=1S/C17H25FO2/c1-3-4-5-6-7-10-17(2)12-15(19)14-9-8-13(18)11-16(14)20-17/h8-9,11,15,19H,3-7,10,12H2,1-2H3. The molecule has 0 fully saturated rings. The van der Waals surface area contributed by atoms with E-state index in [0.717, 1.165) is 12.8 Å². The van der Waals surface area contributed by atoms with Gasteiger partial charge in [0.05, 0.1) is 6.10 Å². The molecule has 3 heteroatoms. The second-order valence-corrected chi connectivity index (χ2v) is 6.12. The van der Waals surface area contributed by atoms with Crippen molar-refractivity contribution < 1.29 is 14.2 Å². The number of unbranched alkanes of at least 4 members (excludes halogenated alkanes) is 4. The monoisotopic (exact) mass is 280 g/mol. The molecule has 1 aromatic rings. The van der Waals surface area contributed by atoms with Gasteiger partial charge in [0, 0.05) is 18.1 Å². The van der Waals surface area contributed by atoms with Crippen LogP contribution in [0.5, 0.6) is 5.75 Å². The molecule has 2 nitrogen and oxygen atoms in total. The molecule has 1 aromatic carbocycles. The van der Waals surface area contributed by atoms with Gasteiger partial charge in [-0.3, -0.25) is 0 Å². The van der Waals surface area contributed by atoms with Crippen LogP contribution in [-0.4, -0.2) is 10.7 Å². The van der Waals surface area contributed by atoms with Gasteiger partial charge in [-0.2, -0.15) is 0 Å². The number of rotatable bonds is 6. The molecule has 0 saturated heterocycles. The maximum Gasteiger partial charge on any atom is 0.128 e. The average Bonchev–Trinajstić information content (AvgIpc) is 2.37. The molecule has 1 aliphatic heterocycles. The number of ether oxygens (including phenoxy) is 1. The first kappa shape index (κ1) is 15.3. The summed E-state index contributed by atoms with van der Waals surface area (Å²) in [5.74, 6) is 0.183. The second kappa shape index (κ2) is 6.57. The van der Waals surface area contributed by atoms with Gasteiger partial charge >= 0.3 is 0 Å². The van der Waals surface area contributed by atoms with Crippen LogP contribution in [0, 0.1) is 5.82 Å². The largest absolute Gasteiger partial charge is 0.487 e. The summed E-state index contributed by atoms with van der Waals surface area (Å²) in [6.45, 7) is 4.22. The van der Waals surface area contributed by atoms with Gasteiger partial charge in [-0.25, -0.2) is 4.39 Å². The van der Waals surface area contributed by atoms with Gasteiger partial charge in [-0.15, -0.1) is 0 Å². The number of hydrogen-bond acceptors (Lipinski definition) is 2. The molecule has 0 spiro atoms. The summed E-state index contributed by atoms with van der Waals surface area (Å²) in [4.78, 5) is 0. The molecule has 112 valence electrons. The number of aliphatic hydroxyl groups excluding tert-OH is 1. The number of halogens is 1. The molecule has 2 atom stereocenters. The molecule has 2 unspecified atom stereocenters. The van der Waals surface area contributed by atoms with Gasteiger partial charge in [-0.05, 0) is 31.9 Å². The first-order valence-electron chi connectivity index (χ1n) is 7.70. The second-order valence-electron chi connectivity index (χ2n) is 6.12. The Bertz CT molecular complexity index is 447. The Balaban J connectivity index is 1.97. The molecular formula is C17H25FO2. The van der Waals surface area contributed by atoms with Crippen LogP contribution in [0.4, 0.5) is 4.39 Å². The van der Waals surface area contributed by atoms with E-state index in [-0.39, 0.29) is 11.4 Å². The van der Waals surface area contributed by atoms with Crippen molar-refractivity contribution in [1.82, 2.24) is 0 Å². The number of benzene rings is 1. The highest BCUT2D eigenvalue weighted by Crippen LogP contribution is 2.41. The normalized spacial score (nSPS) is 25.1. The Hall–Kier alpha value is -1.09. The van der Waals surface area contributed by atoms with Crippen LogP contribution in [-0.2, 0) is 0 Å². The highest BCUT2D eigenvalue weighted by molar-refractivity contribution is 5.38. The van der Waals surface area contributed by atoms with E-state index in [0.29, 0.717) is 17.7 Å². The van der Waals surface area contributed by atoms with Gasteiger partial charge < -0.3 is 9.84 Å². The highest BCUT2D eigenvalue weighted by atomic mass is 19.1. The summed E-state index contributed by atoms with van der Waals surface area (Å²) in [7, 11) is 0. The SMILES string of the molecule is CCCCCCCC1(C)CC(O)c2ccc(F)cc2O1. The summed E-state index contributed by atoms with van der Waals surface area (Å²) in [6, 6.07) is 4.38. The van der Waals surface area contributed by atoms with Crippen molar-refractivity contribution >= 4 is 0 Å². The van der Waals surface area contributed by atoms with E-state index < -0.39 is 6.10 Å². The summed E-state index contributed by atoms with van der Waals surface area (Å²) >= 11 is 0. The first-order chi connectivity index (χ1) is 9.54. The zero-order chi connectivity index (χ0) is 14.6. The van der Waals surface area contributed by atoms with Crippen LogP contribution in [0.25, 0.3) is 0 Å². The molecule has 0 aromatic heterocycles. The Morgan fingerprint density at radius 3 is 2.80 bits per heavy atom. The van der Waals surface area contributed by atoms with E-state index in [1.165, 1.54) is 37.8 Å². The molecule has 1 N–H and O–H groups in total. The molecule has 0 saturated carbocycles. The number of fused-ring (bicyclic) bond motifs is 1. The lowest BCUT2D eigenvalue weighted by Crippen LogP contribution is -2.38. The van der Waals surface area contributed by atoms with E-state index in [4.69, 9.17) is 4.74 Å². The lowest BCUT2D eigenvalue weighted by Gasteiger charge is -2.38. The van der Waals surface area contributed by atoms with Crippen LogP contribution >= 0.6 is 0 Å². The molecule has 2 rings (SSSR count). The van der Waals surface area contributed by atoms with Gasteiger partial charge in [0.15, 0.2) is 0 Å². The third-order valence-corrected chi connectivity index (χ3v) is 4.13. The Morgan fingerprint density at radius 2 is 2.05 bits per heavy atom. The Kier molecular flexibility index (Phi) is 5.03. The van der Waals surface area contributed by atoms with Crippen molar-refractivity contribution in [2.24, 2.45) is 0 Å². The average molecular weight is 280 g/mol. The summed E-state index contributed by atoms with van der Waals surface area (Å²) < 4.78 is 19.3. The summed E-state index contributed by atoms with van der Waals surface area (Å²) in [5.41, 5.74) is 0.321. The van der Waals surface area contributed by atoms with Crippen molar-refractivity contribution in [3.8, 4) is 5.75 Å². The number of aliphatic hydroxyl groups is 1. The molecule has 0 radical (unpaired) electrons. The van der Waals surface area contributed by atoms with Crippen molar-refractivity contribution in [2.45, 2.75) is 70.5 Å². The summed E-state index contributed by atoms with van der Waals surface area (Å²) in [5, 5.41) is 10.2. The van der Waals surface area contributed by atoms with Crippen LogP contribution < -0.4 is 4.74 Å². The lowest BCUT2D eigenvalue weighted by atomic mass is 9.86.